The van der Waals surface area contributed by atoms with Crippen LogP contribution in [0.15, 0.2) is 12.7 Å². The van der Waals surface area contributed by atoms with Gasteiger partial charge in [0.2, 0.25) is 5.91 Å². The lowest BCUT2D eigenvalue weighted by atomic mass is 9.35. The Morgan fingerprint density at radius 3 is 1.95 bits per heavy atom. The fraction of sp³-hybridized carbons (Fsp3) is 0.865. The highest BCUT2D eigenvalue weighted by Crippen LogP contribution is 2.73. The standard InChI is InChI=1S/C32H52N2O5.C3H6.C2H6/c1-27(2,26(37)38)18-24(35)39-23-12-15-29(5)19(28(23,3)4)9-14-30(6)20(29)11-17-32(34)21(30)10-16-31(25(33)36)13-7-8-22(31)32;1-3-2;1-2/h19-23H,7-18,34H2,1-6H3,(H2,33,36)(H,37,38);3H,1H2,2H3;1-2H3. The molecule has 0 bridgehead atoms. The van der Waals surface area contributed by atoms with Crippen molar-refractivity contribution in [3.8, 4) is 0 Å². The summed E-state index contributed by atoms with van der Waals surface area (Å²) in [5.74, 6) is 0.0231. The second kappa shape index (κ2) is 12.7. The summed E-state index contributed by atoms with van der Waals surface area (Å²) in [4.78, 5) is 37.2. The van der Waals surface area contributed by atoms with Crippen LogP contribution in [-0.2, 0) is 19.1 Å². The number of primary amides is 1. The normalized spacial score (nSPS) is 41.8. The molecule has 0 aromatic carbocycles. The molecular weight excluding hydrogens is 552 g/mol. The predicted molar refractivity (Wildman–Crippen MR) is 176 cm³/mol. The number of carbonyl (C=O) groups excluding carboxylic acids is 2. The number of esters is 1. The molecule has 0 aromatic rings. The first-order valence-corrected chi connectivity index (χ1v) is 17.5. The van der Waals surface area contributed by atoms with Gasteiger partial charge in [-0.25, -0.2) is 0 Å². The van der Waals surface area contributed by atoms with Crippen molar-refractivity contribution in [2.45, 2.75) is 151 Å². The van der Waals surface area contributed by atoms with Gasteiger partial charge in [-0.3, -0.25) is 14.4 Å². The van der Waals surface area contributed by atoms with E-state index in [4.69, 9.17) is 16.2 Å². The zero-order valence-corrected chi connectivity index (χ0v) is 29.4. The number of hydrogen-bond acceptors (Lipinski definition) is 5. The molecule has 44 heavy (non-hydrogen) atoms. The highest BCUT2D eigenvalue weighted by Gasteiger charge is 2.70. The summed E-state index contributed by atoms with van der Waals surface area (Å²) in [7, 11) is 0. The Balaban J connectivity index is 0.000000997. The molecule has 252 valence electrons. The Bertz CT molecular complexity index is 1100. The van der Waals surface area contributed by atoms with E-state index in [9.17, 15) is 19.5 Å². The van der Waals surface area contributed by atoms with E-state index in [-0.39, 0.29) is 46.1 Å². The van der Waals surface area contributed by atoms with E-state index in [1.165, 1.54) is 0 Å². The molecule has 0 spiro atoms. The third kappa shape index (κ3) is 5.66. The van der Waals surface area contributed by atoms with E-state index in [0.29, 0.717) is 17.8 Å². The van der Waals surface area contributed by atoms with E-state index < -0.39 is 22.8 Å². The fourth-order valence-corrected chi connectivity index (χ4v) is 11.7. The Morgan fingerprint density at radius 2 is 1.39 bits per heavy atom. The number of aliphatic carboxylic acids is 1. The van der Waals surface area contributed by atoms with Gasteiger partial charge in [-0.1, -0.05) is 54.0 Å². The smallest absolute Gasteiger partial charge is 0.309 e. The Kier molecular flexibility index (Phi) is 10.6. The molecule has 5 aliphatic carbocycles. The molecule has 0 aromatic heterocycles. The van der Waals surface area contributed by atoms with Crippen LogP contribution in [0.25, 0.3) is 0 Å². The summed E-state index contributed by atoms with van der Waals surface area (Å²) < 4.78 is 6.06. The van der Waals surface area contributed by atoms with E-state index in [2.05, 4.69) is 34.3 Å². The largest absolute Gasteiger partial charge is 0.481 e. The second-order valence-corrected chi connectivity index (χ2v) is 16.5. The number of ether oxygens (including phenoxy) is 1. The van der Waals surface area contributed by atoms with Gasteiger partial charge in [-0.05, 0) is 119 Å². The average molecular weight is 617 g/mol. The summed E-state index contributed by atoms with van der Waals surface area (Å²) in [6.45, 7) is 21.9. The van der Waals surface area contributed by atoms with E-state index in [1.807, 2.05) is 20.8 Å². The first kappa shape index (κ1) is 36.6. The lowest BCUT2D eigenvalue weighted by Gasteiger charge is -2.71. The van der Waals surface area contributed by atoms with Crippen LogP contribution in [0.2, 0.25) is 0 Å². The van der Waals surface area contributed by atoms with Crippen LogP contribution in [0, 0.1) is 50.7 Å². The van der Waals surface area contributed by atoms with Crippen LogP contribution >= 0.6 is 0 Å². The quantitative estimate of drug-likeness (QED) is 0.215. The van der Waals surface area contributed by atoms with Crippen LogP contribution in [0.3, 0.4) is 0 Å². The molecule has 5 N–H and O–H groups in total. The Morgan fingerprint density at radius 1 is 0.864 bits per heavy atom. The molecule has 5 fully saturated rings. The summed E-state index contributed by atoms with van der Waals surface area (Å²) in [5, 5.41) is 9.47. The molecule has 5 saturated carbocycles. The lowest BCUT2D eigenvalue weighted by Crippen LogP contribution is -2.72. The summed E-state index contributed by atoms with van der Waals surface area (Å²) in [6.07, 6.45) is 12.3. The maximum atomic E-state index is 12.9. The van der Waals surface area contributed by atoms with Crippen LogP contribution in [-0.4, -0.2) is 34.6 Å². The maximum Gasteiger partial charge on any atom is 0.309 e. The highest BCUT2D eigenvalue weighted by atomic mass is 16.5. The van der Waals surface area contributed by atoms with Gasteiger partial charge < -0.3 is 21.3 Å². The molecule has 0 heterocycles. The number of rotatable bonds is 5. The van der Waals surface area contributed by atoms with Crippen LogP contribution in [0.4, 0.5) is 0 Å². The van der Waals surface area contributed by atoms with Crippen molar-refractivity contribution in [2.24, 2.45) is 62.2 Å². The summed E-state index contributed by atoms with van der Waals surface area (Å²) in [5.41, 5.74) is 11.7. The van der Waals surface area contributed by atoms with Crippen molar-refractivity contribution < 1.29 is 24.2 Å². The van der Waals surface area contributed by atoms with Gasteiger partial charge in [-0.2, -0.15) is 0 Å². The van der Waals surface area contributed by atoms with Gasteiger partial charge in [0.25, 0.3) is 0 Å². The molecule has 5 aliphatic rings. The summed E-state index contributed by atoms with van der Waals surface area (Å²) in [6, 6.07) is 0. The molecule has 0 radical (unpaired) electrons. The topological polar surface area (TPSA) is 133 Å². The number of carboxylic acid groups (broad SMARTS) is 1. The zero-order chi connectivity index (χ0) is 33.5. The fourth-order valence-electron chi connectivity index (χ4n) is 11.7. The minimum atomic E-state index is -1.14. The molecular formula is C37H64N2O5. The number of carboxylic acids is 1. The van der Waals surface area contributed by atoms with Crippen LogP contribution < -0.4 is 11.5 Å². The Hall–Kier alpha value is -1.89. The average Bonchev–Trinajstić information content (AvgIpc) is 3.38. The monoisotopic (exact) mass is 616 g/mol. The zero-order valence-electron chi connectivity index (χ0n) is 29.4. The number of allylic oxidation sites excluding steroid dienone is 1. The van der Waals surface area contributed by atoms with Gasteiger partial charge in [0.1, 0.15) is 6.10 Å². The Labute approximate surface area is 267 Å². The minimum Gasteiger partial charge on any atom is -0.481 e. The number of amides is 1. The molecule has 0 aliphatic heterocycles. The van der Waals surface area contributed by atoms with Crippen LogP contribution in [0.5, 0.6) is 0 Å². The third-order valence-corrected chi connectivity index (χ3v) is 13.6. The summed E-state index contributed by atoms with van der Waals surface area (Å²) >= 11 is 0. The molecule has 1 amide bonds. The van der Waals surface area contributed by atoms with Crippen molar-refractivity contribution in [1.29, 1.82) is 0 Å². The van der Waals surface area contributed by atoms with Gasteiger partial charge in [-0.15, -0.1) is 6.58 Å². The first-order chi connectivity index (χ1) is 20.4. The molecule has 5 rings (SSSR count). The number of hydrogen-bond donors (Lipinski definition) is 3. The third-order valence-electron chi connectivity index (χ3n) is 13.6. The van der Waals surface area contributed by atoms with Crippen molar-refractivity contribution in [3.63, 3.8) is 0 Å². The van der Waals surface area contributed by atoms with Crippen molar-refractivity contribution in [1.82, 2.24) is 0 Å². The minimum absolute atomic E-state index is 0.119. The van der Waals surface area contributed by atoms with E-state index >= 15 is 0 Å². The lowest BCUT2D eigenvalue weighted by molar-refractivity contribution is -0.225. The van der Waals surface area contributed by atoms with E-state index in [1.54, 1.807) is 19.9 Å². The maximum absolute atomic E-state index is 12.9. The van der Waals surface area contributed by atoms with E-state index in [0.717, 1.165) is 70.6 Å². The number of nitrogens with two attached hydrogens (primary N) is 2. The van der Waals surface area contributed by atoms with Crippen molar-refractivity contribution in [3.05, 3.63) is 12.7 Å². The van der Waals surface area contributed by atoms with Crippen LogP contribution in [0.1, 0.15) is 139 Å². The van der Waals surface area contributed by atoms with Gasteiger partial charge >= 0.3 is 11.9 Å². The predicted octanol–water partition coefficient (Wildman–Crippen LogP) is 7.65. The molecule has 0 saturated heterocycles. The highest BCUT2D eigenvalue weighted by molar-refractivity contribution is 5.82. The van der Waals surface area contributed by atoms with Crippen molar-refractivity contribution in [2.75, 3.05) is 0 Å². The molecule has 7 nitrogen and oxygen atoms in total. The molecule has 7 heteroatoms. The SMILES string of the molecule is C=CC.CC.CC(C)(CC(=O)OC1CCC2(C)C(CCC3(C)C2CCC2(N)C4CCCC4(C(N)=O)CCC32)C1(C)C)C(=O)O. The molecule has 9 unspecified atom stereocenters. The van der Waals surface area contributed by atoms with Gasteiger partial charge in [0.05, 0.1) is 17.3 Å². The molecule has 9 atom stereocenters. The second-order valence-electron chi connectivity index (χ2n) is 16.5. The van der Waals surface area contributed by atoms with Gasteiger partial charge in [0, 0.05) is 11.0 Å². The van der Waals surface area contributed by atoms with Crippen molar-refractivity contribution >= 4 is 17.8 Å². The first-order valence-electron chi connectivity index (χ1n) is 17.5. The number of carbonyl (C=O) groups is 3. The van der Waals surface area contributed by atoms with Gasteiger partial charge in [0.15, 0.2) is 0 Å². The number of fused-ring (bicyclic) bond motifs is 7.